The van der Waals surface area contributed by atoms with Gasteiger partial charge in [0.05, 0.1) is 11.8 Å². The third kappa shape index (κ3) is 3.71. The van der Waals surface area contributed by atoms with E-state index in [4.69, 9.17) is 0 Å². The maximum atomic E-state index is 12.1. The summed E-state index contributed by atoms with van der Waals surface area (Å²) in [6, 6.07) is 16.0. The Hall–Kier alpha value is -3.67. The van der Waals surface area contributed by atoms with Gasteiger partial charge in [0, 0.05) is 28.2 Å². The lowest BCUT2D eigenvalue weighted by atomic mass is 10.1. The highest BCUT2D eigenvalue weighted by Gasteiger charge is 2.15. The highest BCUT2D eigenvalue weighted by Crippen LogP contribution is 2.24. The number of amides is 1. The summed E-state index contributed by atoms with van der Waals surface area (Å²) in [6.45, 7) is 5.67. The molecule has 1 aromatic heterocycles. The second-order valence-corrected chi connectivity index (χ2v) is 6.48. The van der Waals surface area contributed by atoms with E-state index >= 15 is 0 Å². The van der Waals surface area contributed by atoms with Crippen LogP contribution in [0.3, 0.4) is 0 Å². The summed E-state index contributed by atoms with van der Waals surface area (Å²) >= 11 is 0. The zero-order valence-electron chi connectivity index (χ0n) is 15.9. The quantitative estimate of drug-likeness (QED) is 0.525. The summed E-state index contributed by atoms with van der Waals surface area (Å²) in [4.78, 5) is 23.5. The fourth-order valence-corrected chi connectivity index (χ4v) is 3.20. The van der Waals surface area contributed by atoms with Gasteiger partial charge < -0.3 is 9.67 Å². The minimum atomic E-state index is -0.952. The number of hydrazone groups is 1. The van der Waals surface area contributed by atoms with Gasteiger partial charge in [-0.1, -0.05) is 24.3 Å². The van der Waals surface area contributed by atoms with E-state index in [9.17, 15) is 14.7 Å². The molecule has 3 rings (SSSR count). The van der Waals surface area contributed by atoms with Crippen LogP contribution in [0.4, 0.5) is 0 Å². The lowest BCUT2D eigenvalue weighted by Crippen LogP contribution is -2.17. The van der Waals surface area contributed by atoms with E-state index in [0.29, 0.717) is 11.1 Å². The summed E-state index contributed by atoms with van der Waals surface area (Å²) in [7, 11) is 0. The Bertz CT molecular complexity index is 1070. The molecule has 0 spiro atoms. The van der Waals surface area contributed by atoms with Crippen molar-refractivity contribution in [1.29, 1.82) is 0 Å². The minimum Gasteiger partial charge on any atom is -0.478 e. The first-order valence-corrected chi connectivity index (χ1v) is 8.81. The number of aryl methyl sites for hydroxylation is 1. The Morgan fingerprint density at radius 1 is 1.04 bits per heavy atom. The number of nitrogens with zero attached hydrogens (tertiary/aromatic N) is 2. The molecule has 2 N–H and O–H groups in total. The highest BCUT2D eigenvalue weighted by atomic mass is 16.4. The van der Waals surface area contributed by atoms with Crippen molar-refractivity contribution in [1.82, 2.24) is 9.99 Å². The van der Waals surface area contributed by atoms with Gasteiger partial charge in [0.15, 0.2) is 0 Å². The largest absolute Gasteiger partial charge is 0.478 e. The van der Waals surface area contributed by atoms with Crippen molar-refractivity contribution >= 4 is 18.1 Å². The average Bonchev–Trinajstić information content (AvgIpc) is 2.96. The fourth-order valence-electron chi connectivity index (χ4n) is 3.20. The van der Waals surface area contributed by atoms with E-state index in [1.165, 1.54) is 0 Å². The molecule has 0 unspecified atom stereocenters. The van der Waals surface area contributed by atoms with E-state index in [1.54, 1.807) is 49.5 Å². The molecule has 1 heterocycles. The van der Waals surface area contributed by atoms with Crippen LogP contribution in [0.5, 0.6) is 0 Å². The number of hydrogen-bond donors (Lipinski definition) is 2. The first-order chi connectivity index (χ1) is 13.4. The van der Waals surface area contributed by atoms with Crippen molar-refractivity contribution in [3.63, 3.8) is 0 Å². The number of carboxylic acids is 1. The standard InChI is InChI=1S/C22H21N3O3/c1-14-12-18(13-23-24-21(26)17-8-5-4-6-9-17)16(3)25(14)20-11-7-10-19(15(20)2)22(27)28/h4-13H,1-3H3,(H,24,26)(H,27,28)/b23-13+. The van der Waals surface area contributed by atoms with Crippen LogP contribution in [0.1, 0.15) is 43.2 Å². The van der Waals surface area contributed by atoms with Crippen LogP contribution in [0.2, 0.25) is 0 Å². The van der Waals surface area contributed by atoms with Crippen molar-refractivity contribution in [3.05, 3.63) is 88.2 Å². The lowest BCUT2D eigenvalue weighted by molar-refractivity contribution is 0.0695. The van der Waals surface area contributed by atoms with Gasteiger partial charge in [0.1, 0.15) is 0 Å². The number of rotatable bonds is 5. The maximum absolute atomic E-state index is 12.1. The number of hydrogen-bond acceptors (Lipinski definition) is 3. The molecule has 0 fully saturated rings. The predicted octanol–water partition coefficient (Wildman–Crippen LogP) is 3.86. The first kappa shape index (κ1) is 19.1. The van der Waals surface area contributed by atoms with Crippen molar-refractivity contribution in [2.24, 2.45) is 5.10 Å². The van der Waals surface area contributed by atoms with Crippen LogP contribution in [0.15, 0.2) is 59.7 Å². The number of benzene rings is 2. The molecular weight excluding hydrogens is 354 g/mol. The molecule has 28 heavy (non-hydrogen) atoms. The van der Waals surface area contributed by atoms with Gasteiger partial charge >= 0.3 is 5.97 Å². The Morgan fingerprint density at radius 2 is 1.75 bits per heavy atom. The smallest absolute Gasteiger partial charge is 0.336 e. The minimum absolute atomic E-state index is 0.273. The SMILES string of the molecule is Cc1c(C(=O)O)cccc1-n1c(C)cc(/C=N/NC(=O)c2ccccc2)c1C. The normalized spacial score (nSPS) is 11.0. The van der Waals surface area contributed by atoms with Crippen molar-refractivity contribution < 1.29 is 14.7 Å². The Morgan fingerprint density at radius 3 is 2.43 bits per heavy atom. The van der Waals surface area contributed by atoms with E-state index in [1.807, 2.05) is 36.6 Å². The molecule has 0 atom stereocenters. The molecule has 1 amide bonds. The lowest BCUT2D eigenvalue weighted by Gasteiger charge is -2.14. The number of carbonyl (C=O) groups is 2. The second-order valence-electron chi connectivity index (χ2n) is 6.48. The van der Waals surface area contributed by atoms with Crippen LogP contribution < -0.4 is 5.43 Å². The summed E-state index contributed by atoms with van der Waals surface area (Å²) in [5, 5.41) is 13.4. The molecule has 0 bridgehead atoms. The van der Waals surface area contributed by atoms with E-state index in [-0.39, 0.29) is 11.5 Å². The van der Waals surface area contributed by atoms with Gasteiger partial charge in [-0.05, 0) is 56.7 Å². The summed E-state index contributed by atoms with van der Waals surface area (Å²) in [6.07, 6.45) is 1.59. The monoisotopic (exact) mass is 375 g/mol. The number of aromatic nitrogens is 1. The van der Waals surface area contributed by atoms with Crippen molar-refractivity contribution in [2.75, 3.05) is 0 Å². The average molecular weight is 375 g/mol. The Balaban J connectivity index is 1.88. The zero-order valence-corrected chi connectivity index (χ0v) is 15.9. The third-order valence-electron chi connectivity index (χ3n) is 4.65. The second kappa shape index (κ2) is 7.92. The van der Waals surface area contributed by atoms with E-state index in [0.717, 1.165) is 22.6 Å². The Kier molecular flexibility index (Phi) is 5.40. The Labute approximate surface area is 163 Å². The topological polar surface area (TPSA) is 83.7 Å². The third-order valence-corrected chi connectivity index (χ3v) is 4.65. The molecule has 3 aromatic rings. The fraction of sp³-hybridized carbons (Fsp3) is 0.136. The predicted molar refractivity (Wildman–Crippen MR) is 108 cm³/mol. The number of carboxylic acid groups (broad SMARTS) is 1. The van der Waals surface area contributed by atoms with Gasteiger partial charge in [-0.25, -0.2) is 10.2 Å². The zero-order chi connectivity index (χ0) is 20.3. The number of aromatic carboxylic acids is 1. The molecule has 6 heteroatoms. The van der Waals surface area contributed by atoms with Gasteiger partial charge in [-0.15, -0.1) is 0 Å². The molecule has 0 aliphatic heterocycles. The molecule has 2 aromatic carbocycles. The van der Waals surface area contributed by atoms with Crippen molar-refractivity contribution in [3.8, 4) is 5.69 Å². The molecule has 142 valence electrons. The van der Waals surface area contributed by atoms with Crippen LogP contribution >= 0.6 is 0 Å². The van der Waals surface area contributed by atoms with Gasteiger partial charge in [0.25, 0.3) is 5.91 Å². The van der Waals surface area contributed by atoms with Gasteiger partial charge in [0.2, 0.25) is 0 Å². The molecule has 6 nitrogen and oxygen atoms in total. The van der Waals surface area contributed by atoms with Crippen LogP contribution in [-0.4, -0.2) is 27.8 Å². The molecule has 0 aliphatic carbocycles. The molecule has 0 saturated carbocycles. The summed E-state index contributed by atoms with van der Waals surface area (Å²) < 4.78 is 1.99. The first-order valence-electron chi connectivity index (χ1n) is 8.81. The van der Waals surface area contributed by atoms with Crippen LogP contribution in [0, 0.1) is 20.8 Å². The summed E-state index contributed by atoms with van der Waals surface area (Å²) in [5.41, 5.74) is 7.52. The number of carbonyl (C=O) groups excluding carboxylic acids is 1. The van der Waals surface area contributed by atoms with Crippen LogP contribution in [0.25, 0.3) is 5.69 Å². The van der Waals surface area contributed by atoms with Crippen molar-refractivity contribution in [2.45, 2.75) is 20.8 Å². The summed E-state index contributed by atoms with van der Waals surface area (Å²) in [5.74, 6) is -1.23. The number of nitrogens with one attached hydrogen (secondary N) is 1. The van der Waals surface area contributed by atoms with E-state index in [2.05, 4.69) is 10.5 Å². The van der Waals surface area contributed by atoms with Crippen LogP contribution in [-0.2, 0) is 0 Å². The van der Waals surface area contributed by atoms with Gasteiger partial charge in [-0.3, -0.25) is 4.79 Å². The maximum Gasteiger partial charge on any atom is 0.336 e. The molecule has 0 aliphatic rings. The molecule has 0 saturated heterocycles. The molecule has 0 radical (unpaired) electrons. The molecular formula is C22H21N3O3. The van der Waals surface area contributed by atoms with Gasteiger partial charge in [-0.2, -0.15) is 5.10 Å². The van der Waals surface area contributed by atoms with E-state index < -0.39 is 5.97 Å². The highest BCUT2D eigenvalue weighted by molar-refractivity contribution is 5.95.